The zero-order chi connectivity index (χ0) is 14.1. The van der Waals surface area contributed by atoms with E-state index in [0.717, 1.165) is 0 Å². The van der Waals surface area contributed by atoms with Crippen molar-refractivity contribution in [2.24, 2.45) is 0 Å². The van der Waals surface area contributed by atoms with Crippen molar-refractivity contribution >= 4 is 41.6 Å². The summed E-state index contributed by atoms with van der Waals surface area (Å²) in [6, 6.07) is 0.630. The van der Waals surface area contributed by atoms with Gasteiger partial charge >= 0.3 is 5.97 Å². The molecule has 18 heavy (non-hydrogen) atoms. The van der Waals surface area contributed by atoms with Gasteiger partial charge in [-0.2, -0.15) is 0 Å². The fourth-order valence-electron chi connectivity index (χ4n) is 1.19. The Morgan fingerprint density at radius 3 is 2.50 bits per heavy atom. The van der Waals surface area contributed by atoms with Gasteiger partial charge in [-0.25, -0.2) is 22.0 Å². The van der Waals surface area contributed by atoms with Gasteiger partial charge in [-0.1, -0.05) is 0 Å². The molecule has 0 saturated carbocycles. The van der Waals surface area contributed by atoms with E-state index >= 15 is 0 Å². The average molecular weight is 364 g/mol. The number of halogens is 4. The van der Waals surface area contributed by atoms with Gasteiger partial charge < -0.3 is 4.74 Å². The summed E-state index contributed by atoms with van der Waals surface area (Å²) in [5, 5.41) is 0. The lowest BCUT2D eigenvalue weighted by Gasteiger charge is -2.08. The van der Waals surface area contributed by atoms with Crippen molar-refractivity contribution in [3.8, 4) is 0 Å². The standard InChI is InChI=1S/C9H6BrClF2O4S/c1-2-17-9(14)6-5(12)3-4(10)8(7(6)13)18(11,15)16/h3H,2H2,1H3. The molecule has 0 aromatic heterocycles. The minimum Gasteiger partial charge on any atom is -0.462 e. The van der Waals surface area contributed by atoms with Crippen molar-refractivity contribution in [1.82, 2.24) is 0 Å². The summed E-state index contributed by atoms with van der Waals surface area (Å²) in [4.78, 5) is 10.3. The second-order valence-electron chi connectivity index (χ2n) is 3.02. The number of ether oxygens (including phenoxy) is 1. The first-order valence-corrected chi connectivity index (χ1v) is 7.59. The molecule has 0 bridgehead atoms. The lowest BCUT2D eigenvalue weighted by Crippen LogP contribution is -2.13. The van der Waals surface area contributed by atoms with Crippen molar-refractivity contribution in [1.29, 1.82) is 0 Å². The van der Waals surface area contributed by atoms with Crippen LogP contribution in [-0.2, 0) is 13.8 Å². The highest BCUT2D eigenvalue weighted by molar-refractivity contribution is 9.10. The van der Waals surface area contributed by atoms with Crippen LogP contribution in [0.1, 0.15) is 17.3 Å². The van der Waals surface area contributed by atoms with Crippen molar-refractivity contribution in [2.75, 3.05) is 6.61 Å². The first-order chi connectivity index (χ1) is 8.20. The third kappa shape index (κ3) is 2.99. The molecule has 0 unspecified atom stereocenters. The first kappa shape index (κ1) is 15.3. The van der Waals surface area contributed by atoms with Crippen LogP contribution in [0.2, 0.25) is 0 Å². The molecule has 9 heteroatoms. The van der Waals surface area contributed by atoms with Crippen LogP contribution in [0.5, 0.6) is 0 Å². The van der Waals surface area contributed by atoms with Crippen LogP contribution in [0.25, 0.3) is 0 Å². The molecule has 0 radical (unpaired) electrons. The second-order valence-corrected chi connectivity index (χ2v) is 6.37. The first-order valence-electron chi connectivity index (χ1n) is 4.49. The zero-order valence-corrected chi connectivity index (χ0v) is 12.0. The molecule has 4 nitrogen and oxygen atoms in total. The third-order valence-corrected chi connectivity index (χ3v) is 4.09. The summed E-state index contributed by atoms with van der Waals surface area (Å²) in [5.41, 5.74) is -1.10. The highest BCUT2D eigenvalue weighted by atomic mass is 79.9. The molecule has 1 rings (SSSR count). The topological polar surface area (TPSA) is 60.4 Å². The number of hydrogen-bond acceptors (Lipinski definition) is 4. The number of hydrogen-bond donors (Lipinski definition) is 0. The predicted octanol–water partition coefficient (Wildman–Crippen LogP) is 2.83. The van der Waals surface area contributed by atoms with Gasteiger partial charge in [0.1, 0.15) is 16.3 Å². The van der Waals surface area contributed by atoms with Crippen LogP contribution in [-0.4, -0.2) is 21.0 Å². The van der Waals surface area contributed by atoms with E-state index in [-0.39, 0.29) is 6.61 Å². The summed E-state index contributed by atoms with van der Waals surface area (Å²) in [6.07, 6.45) is 0. The normalized spacial score (nSPS) is 11.4. The zero-order valence-electron chi connectivity index (χ0n) is 8.84. The summed E-state index contributed by atoms with van der Waals surface area (Å²) in [6.45, 7) is 1.32. The molecule has 0 heterocycles. The maximum atomic E-state index is 13.8. The maximum Gasteiger partial charge on any atom is 0.344 e. The molecule has 0 spiro atoms. The number of carbonyl (C=O) groups excluding carboxylic acids is 1. The van der Waals surface area contributed by atoms with Gasteiger partial charge in [0.2, 0.25) is 0 Å². The van der Waals surface area contributed by atoms with E-state index in [2.05, 4.69) is 20.7 Å². The number of esters is 1. The van der Waals surface area contributed by atoms with Crippen molar-refractivity contribution in [3.63, 3.8) is 0 Å². The predicted molar refractivity (Wildman–Crippen MR) is 63.1 cm³/mol. The Labute approximate surface area is 114 Å². The molecule has 0 atom stereocenters. The number of carbonyl (C=O) groups is 1. The van der Waals surface area contributed by atoms with Crippen LogP contribution in [0.4, 0.5) is 8.78 Å². The highest BCUT2D eigenvalue weighted by Crippen LogP contribution is 2.32. The van der Waals surface area contributed by atoms with E-state index in [9.17, 15) is 22.0 Å². The number of rotatable bonds is 3. The van der Waals surface area contributed by atoms with Crippen LogP contribution < -0.4 is 0 Å². The molecule has 0 saturated heterocycles. The van der Waals surface area contributed by atoms with Crippen LogP contribution in [0.3, 0.4) is 0 Å². The molecule has 0 aliphatic heterocycles. The summed E-state index contributed by atoms with van der Waals surface area (Å²) in [5.74, 6) is -4.14. The Balaban J connectivity index is 3.61. The molecular formula is C9H6BrClF2O4S. The fourth-order valence-corrected chi connectivity index (χ4v) is 3.54. The smallest absolute Gasteiger partial charge is 0.344 e. The fraction of sp³-hybridized carbons (Fsp3) is 0.222. The van der Waals surface area contributed by atoms with E-state index in [1.165, 1.54) is 6.92 Å². The van der Waals surface area contributed by atoms with E-state index in [1.807, 2.05) is 0 Å². The van der Waals surface area contributed by atoms with Gasteiger partial charge in [0.05, 0.1) is 6.61 Å². The van der Waals surface area contributed by atoms with Gasteiger partial charge in [-0.3, -0.25) is 0 Å². The molecule has 1 aromatic rings. The van der Waals surface area contributed by atoms with Gasteiger partial charge in [0.15, 0.2) is 5.82 Å². The molecule has 0 amide bonds. The summed E-state index contributed by atoms with van der Waals surface area (Å²) in [7, 11) is 0.527. The van der Waals surface area contributed by atoms with Crippen molar-refractivity contribution in [2.45, 2.75) is 11.8 Å². The van der Waals surface area contributed by atoms with Gasteiger partial charge in [-0.05, 0) is 28.9 Å². The third-order valence-electron chi connectivity index (χ3n) is 1.85. The summed E-state index contributed by atoms with van der Waals surface area (Å²) >= 11 is 2.66. The summed E-state index contributed by atoms with van der Waals surface area (Å²) < 4.78 is 53.6. The second kappa shape index (κ2) is 5.50. The van der Waals surface area contributed by atoms with Gasteiger partial charge in [-0.15, -0.1) is 0 Å². The van der Waals surface area contributed by atoms with Crippen LogP contribution in [0, 0.1) is 11.6 Å². The Morgan fingerprint density at radius 2 is 2.06 bits per heavy atom. The van der Waals surface area contributed by atoms with Crippen LogP contribution in [0.15, 0.2) is 15.4 Å². The van der Waals surface area contributed by atoms with Crippen LogP contribution >= 0.6 is 26.6 Å². The molecule has 100 valence electrons. The monoisotopic (exact) mass is 362 g/mol. The Morgan fingerprint density at radius 1 is 1.50 bits per heavy atom. The Hall–Kier alpha value is -0.730. The molecular weight excluding hydrogens is 358 g/mol. The minimum absolute atomic E-state index is 0.114. The number of benzene rings is 1. The highest BCUT2D eigenvalue weighted by Gasteiger charge is 2.29. The SMILES string of the molecule is CCOC(=O)c1c(F)cc(Br)c(S(=O)(=O)Cl)c1F. The van der Waals surface area contributed by atoms with E-state index < -0.39 is 41.6 Å². The largest absolute Gasteiger partial charge is 0.462 e. The van der Waals surface area contributed by atoms with Crippen molar-refractivity contribution in [3.05, 3.63) is 27.7 Å². The maximum absolute atomic E-state index is 13.8. The lowest BCUT2D eigenvalue weighted by atomic mass is 10.2. The van der Waals surface area contributed by atoms with E-state index in [0.29, 0.717) is 6.07 Å². The minimum atomic E-state index is -4.48. The lowest BCUT2D eigenvalue weighted by molar-refractivity contribution is 0.0514. The van der Waals surface area contributed by atoms with Gasteiger partial charge in [0.25, 0.3) is 9.05 Å². The quantitative estimate of drug-likeness (QED) is 0.612. The molecule has 0 N–H and O–H groups in total. The molecule has 0 aliphatic rings. The molecule has 1 aromatic carbocycles. The Kier molecular flexibility index (Phi) is 4.68. The average Bonchev–Trinajstić information content (AvgIpc) is 2.13. The van der Waals surface area contributed by atoms with E-state index in [1.54, 1.807) is 0 Å². The van der Waals surface area contributed by atoms with Crippen molar-refractivity contribution < 1.29 is 26.7 Å². The van der Waals surface area contributed by atoms with E-state index in [4.69, 9.17) is 10.7 Å². The van der Waals surface area contributed by atoms with Gasteiger partial charge in [0, 0.05) is 15.2 Å². The molecule has 0 fully saturated rings. The molecule has 0 aliphatic carbocycles. The Bertz CT molecular complexity index is 603.